The molecule has 2 atom stereocenters. The standard InChI is InChI=1S/C18H18F2N2O/c1-11(13-6-8-15(19)16(20)10-13)21-18(23)22-17-9-7-12-4-2-3-5-14(12)17/h2-6,8,10-11,17H,7,9H2,1H3,(H2,21,22,23). The molecule has 3 rings (SSSR count). The van der Waals surface area contributed by atoms with Crippen molar-refractivity contribution in [2.24, 2.45) is 0 Å². The van der Waals surface area contributed by atoms with Gasteiger partial charge in [0.25, 0.3) is 0 Å². The Balaban J connectivity index is 1.62. The van der Waals surface area contributed by atoms with Gasteiger partial charge < -0.3 is 10.6 Å². The minimum Gasteiger partial charge on any atom is -0.332 e. The van der Waals surface area contributed by atoms with Gasteiger partial charge in [-0.1, -0.05) is 30.3 Å². The third-order valence-electron chi connectivity index (χ3n) is 4.23. The monoisotopic (exact) mass is 316 g/mol. The van der Waals surface area contributed by atoms with Gasteiger partial charge in [0.1, 0.15) is 0 Å². The van der Waals surface area contributed by atoms with Crippen molar-refractivity contribution in [3.05, 3.63) is 70.8 Å². The van der Waals surface area contributed by atoms with Crippen LogP contribution in [0.1, 0.15) is 42.1 Å². The van der Waals surface area contributed by atoms with Gasteiger partial charge in [0.2, 0.25) is 0 Å². The first-order valence-electron chi connectivity index (χ1n) is 7.64. The van der Waals surface area contributed by atoms with E-state index in [1.165, 1.54) is 11.6 Å². The highest BCUT2D eigenvalue weighted by atomic mass is 19.2. The number of hydrogen-bond donors (Lipinski definition) is 2. The summed E-state index contributed by atoms with van der Waals surface area (Å²) in [5.41, 5.74) is 2.92. The van der Waals surface area contributed by atoms with E-state index < -0.39 is 17.7 Å². The Morgan fingerprint density at radius 1 is 1.17 bits per heavy atom. The van der Waals surface area contributed by atoms with Gasteiger partial charge in [0.15, 0.2) is 11.6 Å². The zero-order valence-corrected chi connectivity index (χ0v) is 12.8. The van der Waals surface area contributed by atoms with E-state index in [-0.39, 0.29) is 12.1 Å². The predicted molar refractivity (Wildman–Crippen MR) is 83.9 cm³/mol. The highest BCUT2D eigenvalue weighted by Gasteiger charge is 2.23. The molecule has 2 unspecified atom stereocenters. The lowest BCUT2D eigenvalue weighted by atomic mass is 10.1. The van der Waals surface area contributed by atoms with Gasteiger partial charge >= 0.3 is 6.03 Å². The SMILES string of the molecule is CC(NC(=O)NC1CCc2ccccc21)c1ccc(F)c(F)c1. The Morgan fingerprint density at radius 3 is 2.74 bits per heavy atom. The zero-order valence-electron chi connectivity index (χ0n) is 12.8. The van der Waals surface area contributed by atoms with E-state index in [1.807, 2.05) is 18.2 Å². The van der Waals surface area contributed by atoms with Crippen LogP contribution in [0.5, 0.6) is 0 Å². The molecule has 0 spiro atoms. The van der Waals surface area contributed by atoms with Gasteiger partial charge in [-0.2, -0.15) is 0 Å². The van der Waals surface area contributed by atoms with Gasteiger partial charge in [-0.3, -0.25) is 0 Å². The van der Waals surface area contributed by atoms with Crippen LogP contribution in [-0.2, 0) is 6.42 Å². The molecule has 0 saturated heterocycles. The number of nitrogens with one attached hydrogen (secondary N) is 2. The molecule has 0 fully saturated rings. The molecular weight excluding hydrogens is 298 g/mol. The number of carbonyl (C=O) groups excluding carboxylic acids is 1. The van der Waals surface area contributed by atoms with Gasteiger partial charge in [-0.25, -0.2) is 13.6 Å². The second-order valence-electron chi connectivity index (χ2n) is 5.80. The second kappa shape index (κ2) is 6.36. The summed E-state index contributed by atoms with van der Waals surface area (Å²) in [4.78, 5) is 12.2. The minimum absolute atomic E-state index is 0.0108. The number of rotatable bonds is 3. The van der Waals surface area contributed by atoms with Crippen LogP contribution in [-0.4, -0.2) is 6.03 Å². The zero-order chi connectivity index (χ0) is 16.4. The summed E-state index contributed by atoms with van der Waals surface area (Å²) in [7, 11) is 0. The number of aryl methyl sites for hydroxylation is 1. The quantitative estimate of drug-likeness (QED) is 0.882. The largest absolute Gasteiger partial charge is 0.332 e. The Bertz CT molecular complexity index is 733. The van der Waals surface area contributed by atoms with Crippen LogP contribution in [0.2, 0.25) is 0 Å². The fourth-order valence-corrected chi connectivity index (χ4v) is 2.97. The van der Waals surface area contributed by atoms with Crippen molar-refractivity contribution in [1.82, 2.24) is 10.6 Å². The van der Waals surface area contributed by atoms with E-state index in [4.69, 9.17) is 0 Å². The van der Waals surface area contributed by atoms with Crippen LogP contribution in [0.3, 0.4) is 0 Å². The van der Waals surface area contributed by atoms with Gasteiger partial charge in [0, 0.05) is 0 Å². The lowest BCUT2D eigenvalue weighted by Crippen LogP contribution is -2.38. The number of urea groups is 1. The van der Waals surface area contributed by atoms with Crippen molar-refractivity contribution < 1.29 is 13.6 Å². The molecule has 1 aliphatic carbocycles. The highest BCUT2D eigenvalue weighted by Crippen LogP contribution is 2.30. The van der Waals surface area contributed by atoms with E-state index in [1.54, 1.807) is 6.92 Å². The first-order valence-corrected chi connectivity index (χ1v) is 7.64. The Hall–Kier alpha value is -2.43. The van der Waals surface area contributed by atoms with E-state index >= 15 is 0 Å². The number of benzene rings is 2. The summed E-state index contributed by atoms with van der Waals surface area (Å²) in [6, 6.07) is 10.9. The summed E-state index contributed by atoms with van der Waals surface area (Å²) in [5, 5.41) is 5.71. The van der Waals surface area contributed by atoms with Crippen molar-refractivity contribution in [2.45, 2.75) is 31.8 Å². The average Bonchev–Trinajstić information content (AvgIpc) is 2.93. The van der Waals surface area contributed by atoms with Crippen molar-refractivity contribution in [3.63, 3.8) is 0 Å². The molecule has 120 valence electrons. The van der Waals surface area contributed by atoms with E-state index in [0.29, 0.717) is 5.56 Å². The molecule has 2 N–H and O–H groups in total. The van der Waals surface area contributed by atoms with Crippen LogP contribution in [0.4, 0.5) is 13.6 Å². The maximum absolute atomic E-state index is 13.3. The third kappa shape index (κ3) is 3.33. The van der Waals surface area contributed by atoms with Gasteiger partial charge in [-0.15, -0.1) is 0 Å². The molecule has 0 heterocycles. The first-order chi connectivity index (χ1) is 11.0. The number of hydrogen-bond acceptors (Lipinski definition) is 1. The molecule has 0 bridgehead atoms. The van der Waals surface area contributed by atoms with Crippen LogP contribution in [0, 0.1) is 11.6 Å². The summed E-state index contributed by atoms with van der Waals surface area (Å²) >= 11 is 0. The fourth-order valence-electron chi connectivity index (χ4n) is 2.97. The average molecular weight is 316 g/mol. The van der Waals surface area contributed by atoms with Crippen molar-refractivity contribution in [1.29, 1.82) is 0 Å². The second-order valence-corrected chi connectivity index (χ2v) is 5.80. The molecule has 0 radical (unpaired) electrons. The molecule has 23 heavy (non-hydrogen) atoms. The molecule has 0 saturated carbocycles. The summed E-state index contributed by atoms with van der Waals surface area (Å²) in [6.07, 6.45) is 1.81. The smallest absolute Gasteiger partial charge is 0.315 e. The van der Waals surface area contributed by atoms with E-state index in [2.05, 4.69) is 16.7 Å². The molecule has 3 nitrogen and oxygen atoms in total. The number of halogens is 2. The van der Waals surface area contributed by atoms with E-state index in [9.17, 15) is 13.6 Å². The molecule has 0 aromatic heterocycles. The maximum atomic E-state index is 13.3. The number of amides is 2. The Labute approximate surface area is 133 Å². The van der Waals surface area contributed by atoms with Crippen LogP contribution in [0.25, 0.3) is 0 Å². The van der Waals surface area contributed by atoms with Crippen LogP contribution < -0.4 is 10.6 Å². The number of fused-ring (bicyclic) bond motifs is 1. The first kappa shape index (κ1) is 15.5. The molecule has 2 amide bonds. The third-order valence-corrected chi connectivity index (χ3v) is 4.23. The summed E-state index contributed by atoms with van der Waals surface area (Å²) in [5.74, 6) is -1.81. The van der Waals surface area contributed by atoms with E-state index in [0.717, 1.165) is 30.5 Å². The van der Waals surface area contributed by atoms with Crippen molar-refractivity contribution >= 4 is 6.03 Å². The molecule has 0 aliphatic heterocycles. The van der Waals surface area contributed by atoms with Crippen molar-refractivity contribution in [2.75, 3.05) is 0 Å². The lowest BCUT2D eigenvalue weighted by Gasteiger charge is -2.19. The Morgan fingerprint density at radius 2 is 1.96 bits per heavy atom. The van der Waals surface area contributed by atoms with Gasteiger partial charge in [-0.05, 0) is 48.6 Å². The van der Waals surface area contributed by atoms with Crippen LogP contribution >= 0.6 is 0 Å². The fraction of sp³-hybridized carbons (Fsp3) is 0.278. The topological polar surface area (TPSA) is 41.1 Å². The normalized spacial score (nSPS) is 17.4. The number of carbonyl (C=O) groups is 1. The summed E-state index contributed by atoms with van der Waals surface area (Å²) in [6.45, 7) is 1.73. The highest BCUT2D eigenvalue weighted by molar-refractivity contribution is 5.75. The van der Waals surface area contributed by atoms with Crippen LogP contribution in [0.15, 0.2) is 42.5 Å². The predicted octanol–water partition coefficient (Wildman–Crippen LogP) is 4.01. The lowest BCUT2D eigenvalue weighted by molar-refractivity contribution is 0.234. The molecule has 2 aromatic rings. The molecule has 2 aromatic carbocycles. The molecule has 1 aliphatic rings. The Kier molecular flexibility index (Phi) is 4.28. The summed E-state index contributed by atoms with van der Waals surface area (Å²) < 4.78 is 26.2. The molecule has 5 heteroatoms. The maximum Gasteiger partial charge on any atom is 0.315 e. The minimum atomic E-state index is -0.915. The van der Waals surface area contributed by atoms with Gasteiger partial charge in [0.05, 0.1) is 12.1 Å². The van der Waals surface area contributed by atoms with Crippen molar-refractivity contribution in [3.8, 4) is 0 Å². The molecular formula is C18H18F2N2O.